The van der Waals surface area contributed by atoms with Gasteiger partial charge in [0, 0.05) is 19.0 Å². The molecule has 0 radical (unpaired) electrons. The summed E-state index contributed by atoms with van der Waals surface area (Å²) >= 11 is 0. The monoisotopic (exact) mass is 282 g/mol. The fourth-order valence-electron chi connectivity index (χ4n) is 3.43. The van der Waals surface area contributed by atoms with Gasteiger partial charge >= 0.3 is 0 Å². The maximum Gasteiger partial charge on any atom is 0.149 e. The van der Waals surface area contributed by atoms with Crippen molar-refractivity contribution in [2.24, 2.45) is 5.92 Å². The molecular formula is C17H22N4. The summed E-state index contributed by atoms with van der Waals surface area (Å²) in [7, 11) is 0. The highest BCUT2D eigenvalue weighted by atomic mass is 15.3. The van der Waals surface area contributed by atoms with Gasteiger partial charge in [-0.3, -0.25) is 0 Å². The van der Waals surface area contributed by atoms with E-state index in [1.165, 1.54) is 24.8 Å². The van der Waals surface area contributed by atoms with Gasteiger partial charge in [0.05, 0.1) is 6.04 Å². The molecule has 2 aromatic rings. The number of fused-ring (bicyclic) bond motifs is 1. The van der Waals surface area contributed by atoms with Gasteiger partial charge in [-0.2, -0.15) is 0 Å². The summed E-state index contributed by atoms with van der Waals surface area (Å²) in [5.74, 6) is 3.03. The van der Waals surface area contributed by atoms with E-state index in [0.717, 1.165) is 30.5 Å². The van der Waals surface area contributed by atoms with Crippen LogP contribution in [0, 0.1) is 5.92 Å². The Balaban J connectivity index is 1.55. The van der Waals surface area contributed by atoms with Crippen molar-refractivity contribution in [3.63, 3.8) is 0 Å². The Morgan fingerprint density at radius 1 is 1.19 bits per heavy atom. The first-order valence-electron chi connectivity index (χ1n) is 8.06. The number of hydrogen-bond acceptors (Lipinski definition) is 3. The molecule has 2 unspecified atom stereocenters. The molecule has 1 aliphatic carbocycles. The highest BCUT2D eigenvalue weighted by molar-refractivity contribution is 5.21. The Bertz CT molecular complexity index is 615. The minimum Gasteiger partial charge on any atom is -0.314 e. The predicted molar refractivity (Wildman–Crippen MR) is 81.8 cm³/mol. The molecule has 4 rings (SSSR count). The lowest BCUT2D eigenvalue weighted by atomic mass is 10.0. The zero-order chi connectivity index (χ0) is 14.2. The number of aromatic nitrogens is 3. The fraction of sp³-hybridized carbons (Fsp3) is 0.529. The minimum absolute atomic E-state index is 0.246. The zero-order valence-corrected chi connectivity index (χ0v) is 12.5. The molecule has 0 amide bonds. The van der Waals surface area contributed by atoms with Gasteiger partial charge in [0.25, 0.3) is 0 Å². The van der Waals surface area contributed by atoms with Crippen molar-refractivity contribution in [2.75, 3.05) is 0 Å². The maximum atomic E-state index is 4.41. The largest absolute Gasteiger partial charge is 0.314 e. The third-order valence-electron chi connectivity index (χ3n) is 4.71. The van der Waals surface area contributed by atoms with E-state index in [4.69, 9.17) is 0 Å². The van der Waals surface area contributed by atoms with E-state index >= 15 is 0 Å². The van der Waals surface area contributed by atoms with Crippen LogP contribution in [0.15, 0.2) is 30.3 Å². The van der Waals surface area contributed by atoms with E-state index in [1.54, 1.807) is 0 Å². The van der Waals surface area contributed by atoms with Crippen LogP contribution in [0.25, 0.3) is 0 Å². The number of benzene rings is 1. The molecule has 4 heteroatoms. The SMILES string of the molecule is CC(NC(c1ccccc1)C1CC1)c1nnc2n1CCC2. The summed E-state index contributed by atoms with van der Waals surface area (Å²) in [6.45, 7) is 3.29. The zero-order valence-electron chi connectivity index (χ0n) is 12.5. The molecule has 2 heterocycles. The van der Waals surface area contributed by atoms with E-state index in [1.807, 2.05) is 0 Å². The van der Waals surface area contributed by atoms with Crippen molar-refractivity contribution >= 4 is 0 Å². The lowest BCUT2D eigenvalue weighted by Crippen LogP contribution is -2.28. The van der Waals surface area contributed by atoms with Gasteiger partial charge in [0.2, 0.25) is 0 Å². The first-order valence-corrected chi connectivity index (χ1v) is 8.06. The van der Waals surface area contributed by atoms with E-state index in [9.17, 15) is 0 Å². The molecule has 1 aliphatic heterocycles. The molecular weight excluding hydrogens is 260 g/mol. The average Bonchev–Trinajstić information content (AvgIpc) is 3.10. The van der Waals surface area contributed by atoms with E-state index in [-0.39, 0.29) is 6.04 Å². The molecule has 1 aromatic heterocycles. The van der Waals surface area contributed by atoms with Crippen LogP contribution in [0.5, 0.6) is 0 Å². The highest BCUT2D eigenvalue weighted by Crippen LogP contribution is 2.42. The molecule has 1 aromatic carbocycles. The van der Waals surface area contributed by atoms with E-state index in [2.05, 4.69) is 57.3 Å². The molecule has 110 valence electrons. The van der Waals surface area contributed by atoms with Crippen molar-refractivity contribution in [1.29, 1.82) is 0 Å². The van der Waals surface area contributed by atoms with Gasteiger partial charge in [-0.25, -0.2) is 0 Å². The summed E-state index contributed by atoms with van der Waals surface area (Å²) in [6.07, 6.45) is 4.94. The number of nitrogens with one attached hydrogen (secondary N) is 1. The van der Waals surface area contributed by atoms with Crippen LogP contribution in [0.3, 0.4) is 0 Å². The second-order valence-electron chi connectivity index (χ2n) is 6.34. The van der Waals surface area contributed by atoms with Gasteiger partial charge in [-0.05, 0) is 37.7 Å². The predicted octanol–water partition coefficient (Wildman–Crippen LogP) is 3.03. The van der Waals surface area contributed by atoms with Gasteiger partial charge in [-0.1, -0.05) is 30.3 Å². The summed E-state index contributed by atoms with van der Waals surface area (Å²) in [4.78, 5) is 0. The average molecular weight is 282 g/mol. The maximum absolute atomic E-state index is 4.41. The minimum atomic E-state index is 0.246. The van der Waals surface area contributed by atoms with Crippen molar-refractivity contribution in [1.82, 2.24) is 20.1 Å². The number of nitrogens with zero attached hydrogens (tertiary/aromatic N) is 3. The van der Waals surface area contributed by atoms with Crippen LogP contribution in [-0.2, 0) is 13.0 Å². The van der Waals surface area contributed by atoms with Crippen molar-refractivity contribution in [3.05, 3.63) is 47.5 Å². The van der Waals surface area contributed by atoms with Crippen LogP contribution in [0.2, 0.25) is 0 Å². The summed E-state index contributed by atoms with van der Waals surface area (Å²) in [5, 5.41) is 12.5. The molecule has 1 saturated carbocycles. The highest BCUT2D eigenvalue weighted by Gasteiger charge is 2.34. The number of aryl methyl sites for hydroxylation is 1. The molecule has 1 fully saturated rings. The molecule has 0 bridgehead atoms. The van der Waals surface area contributed by atoms with Crippen LogP contribution >= 0.6 is 0 Å². The Kier molecular flexibility index (Phi) is 3.26. The van der Waals surface area contributed by atoms with Gasteiger partial charge < -0.3 is 9.88 Å². The molecule has 1 N–H and O–H groups in total. The van der Waals surface area contributed by atoms with Gasteiger partial charge in [0.1, 0.15) is 11.6 Å². The summed E-state index contributed by atoms with van der Waals surface area (Å²) in [5.41, 5.74) is 1.40. The lowest BCUT2D eigenvalue weighted by Gasteiger charge is -2.23. The molecule has 4 nitrogen and oxygen atoms in total. The van der Waals surface area contributed by atoms with Gasteiger partial charge in [-0.15, -0.1) is 10.2 Å². The van der Waals surface area contributed by atoms with E-state index < -0.39 is 0 Å². The van der Waals surface area contributed by atoms with Crippen LogP contribution in [0.4, 0.5) is 0 Å². The van der Waals surface area contributed by atoms with Crippen molar-refractivity contribution in [2.45, 2.75) is 51.2 Å². The normalized spacial score (nSPS) is 20.2. The van der Waals surface area contributed by atoms with Crippen molar-refractivity contribution < 1.29 is 0 Å². The van der Waals surface area contributed by atoms with Crippen molar-refractivity contribution in [3.8, 4) is 0 Å². The van der Waals surface area contributed by atoms with Crippen LogP contribution < -0.4 is 5.32 Å². The number of rotatable bonds is 5. The lowest BCUT2D eigenvalue weighted by molar-refractivity contribution is 0.406. The Morgan fingerprint density at radius 3 is 2.76 bits per heavy atom. The fourth-order valence-corrected chi connectivity index (χ4v) is 3.43. The third kappa shape index (κ3) is 2.48. The third-order valence-corrected chi connectivity index (χ3v) is 4.71. The van der Waals surface area contributed by atoms with E-state index in [0.29, 0.717) is 6.04 Å². The van der Waals surface area contributed by atoms with Crippen LogP contribution in [-0.4, -0.2) is 14.8 Å². The second-order valence-corrected chi connectivity index (χ2v) is 6.34. The quantitative estimate of drug-likeness (QED) is 0.916. The Hall–Kier alpha value is -1.68. The first kappa shape index (κ1) is 13.0. The van der Waals surface area contributed by atoms with Crippen LogP contribution in [0.1, 0.15) is 55.5 Å². The molecule has 2 atom stereocenters. The number of hydrogen-bond donors (Lipinski definition) is 1. The van der Waals surface area contributed by atoms with Gasteiger partial charge in [0.15, 0.2) is 0 Å². The Labute approximate surface area is 125 Å². The molecule has 0 saturated heterocycles. The molecule has 2 aliphatic rings. The summed E-state index contributed by atoms with van der Waals surface area (Å²) in [6, 6.07) is 11.5. The molecule has 0 spiro atoms. The second kappa shape index (κ2) is 5.26. The first-order chi connectivity index (χ1) is 10.3. The summed E-state index contributed by atoms with van der Waals surface area (Å²) < 4.78 is 2.30. The standard InChI is InChI=1S/C17H22N4/c1-12(17-20-19-15-8-5-11-21(15)17)18-16(14-9-10-14)13-6-3-2-4-7-13/h2-4,6-7,12,14,16,18H,5,8-11H2,1H3. The Morgan fingerprint density at radius 2 is 2.00 bits per heavy atom. The topological polar surface area (TPSA) is 42.7 Å². The molecule has 21 heavy (non-hydrogen) atoms. The smallest absolute Gasteiger partial charge is 0.149 e.